The van der Waals surface area contributed by atoms with Crippen LogP contribution in [0.5, 0.6) is 0 Å². The number of nitrogens with one attached hydrogen (secondary N) is 1. The number of ether oxygens (including phenoxy) is 1. The minimum absolute atomic E-state index is 0.0512. The number of anilines is 1. The highest BCUT2D eigenvalue weighted by atomic mass is 16.5. The summed E-state index contributed by atoms with van der Waals surface area (Å²) >= 11 is 0. The van der Waals surface area contributed by atoms with Crippen molar-refractivity contribution in [1.82, 2.24) is 4.98 Å². The van der Waals surface area contributed by atoms with E-state index in [1.165, 1.54) is 0 Å². The van der Waals surface area contributed by atoms with Crippen LogP contribution in [0.4, 0.5) is 5.69 Å². The van der Waals surface area contributed by atoms with Crippen LogP contribution < -0.4 is 5.32 Å². The summed E-state index contributed by atoms with van der Waals surface area (Å²) in [4.78, 5) is 3.99. The SMILES string of the molecule is COCC(CO)Nc1ccncc1C. The zero-order chi connectivity index (χ0) is 10.4. The molecule has 0 bridgehead atoms. The first-order chi connectivity index (χ1) is 6.77. The molecule has 0 saturated heterocycles. The van der Waals surface area contributed by atoms with Crippen molar-refractivity contribution in [2.75, 3.05) is 25.6 Å². The van der Waals surface area contributed by atoms with E-state index in [2.05, 4.69) is 10.3 Å². The molecule has 0 radical (unpaired) electrons. The van der Waals surface area contributed by atoms with E-state index in [0.29, 0.717) is 6.61 Å². The van der Waals surface area contributed by atoms with E-state index in [1.807, 2.05) is 13.0 Å². The van der Waals surface area contributed by atoms with E-state index in [-0.39, 0.29) is 12.6 Å². The van der Waals surface area contributed by atoms with E-state index < -0.39 is 0 Å². The monoisotopic (exact) mass is 196 g/mol. The van der Waals surface area contributed by atoms with Gasteiger partial charge in [0.2, 0.25) is 0 Å². The van der Waals surface area contributed by atoms with Gasteiger partial charge in [-0.3, -0.25) is 4.98 Å². The van der Waals surface area contributed by atoms with Gasteiger partial charge in [0.1, 0.15) is 0 Å². The second-order valence-electron chi connectivity index (χ2n) is 3.17. The molecule has 0 aliphatic rings. The summed E-state index contributed by atoms with van der Waals surface area (Å²) in [5.41, 5.74) is 2.04. The van der Waals surface area contributed by atoms with Crippen molar-refractivity contribution in [2.24, 2.45) is 0 Å². The predicted molar refractivity (Wildman–Crippen MR) is 55.3 cm³/mol. The van der Waals surface area contributed by atoms with E-state index in [1.54, 1.807) is 19.5 Å². The molecule has 1 aromatic heterocycles. The van der Waals surface area contributed by atoms with Gasteiger partial charge in [0.15, 0.2) is 0 Å². The fourth-order valence-electron chi connectivity index (χ4n) is 1.20. The normalized spacial score (nSPS) is 12.5. The number of nitrogens with zero attached hydrogens (tertiary/aromatic N) is 1. The molecule has 1 unspecified atom stereocenters. The number of hydrogen-bond donors (Lipinski definition) is 2. The van der Waals surface area contributed by atoms with Gasteiger partial charge in [0, 0.05) is 25.2 Å². The molecule has 0 saturated carbocycles. The van der Waals surface area contributed by atoms with Crippen LogP contribution in [0.2, 0.25) is 0 Å². The van der Waals surface area contributed by atoms with Crippen LogP contribution in [0.1, 0.15) is 5.56 Å². The summed E-state index contributed by atoms with van der Waals surface area (Å²) in [5.74, 6) is 0. The van der Waals surface area contributed by atoms with Crippen LogP contribution in [0.15, 0.2) is 18.5 Å². The lowest BCUT2D eigenvalue weighted by atomic mass is 10.2. The maximum Gasteiger partial charge on any atom is 0.0725 e. The number of aliphatic hydroxyl groups is 1. The first-order valence-electron chi connectivity index (χ1n) is 4.55. The molecule has 0 aliphatic heterocycles. The minimum atomic E-state index is -0.0684. The molecule has 0 fully saturated rings. The Hall–Kier alpha value is -1.13. The number of rotatable bonds is 5. The number of hydrogen-bond acceptors (Lipinski definition) is 4. The van der Waals surface area contributed by atoms with Crippen LogP contribution in [-0.4, -0.2) is 36.5 Å². The van der Waals surface area contributed by atoms with Crippen molar-refractivity contribution >= 4 is 5.69 Å². The van der Waals surface area contributed by atoms with Gasteiger partial charge < -0.3 is 15.2 Å². The van der Waals surface area contributed by atoms with Crippen LogP contribution in [-0.2, 0) is 4.74 Å². The summed E-state index contributed by atoms with van der Waals surface area (Å²) in [5, 5.41) is 12.2. The molecule has 14 heavy (non-hydrogen) atoms. The molecule has 1 rings (SSSR count). The Bertz CT molecular complexity index is 279. The van der Waals surface area contributed by atoms with Crippen LogP contribution in [0, 0.1) is 6.92 Å². The Balaban J connectivity index is 2.62. The van der Waals surface area contributed by atoms with Crippen molar-refractivity contribution < 1.29 is 9.84 Å². The van der Waals surface area contributed by atoms with Crippen molar-refractivity contribution in [2.45, 2.75) is 13.0 Å². The van der Waals surface area contributed by atoms with Crippen LogP contribution >= 0.6 is 0 Å². The fraction of sp³-hybridized carbons (Fsp3) is 0.500. The van der Waals surface area contributed by atoms with E-state index in [4.69, 9.17) is 9.84 Å². The number of aliphatic hydroxyl groups excluding tert-OH is 1. The zero-order valence-corrected chi connectivity index (χ0v) is 8.53. The number of methoxy groups -OCH3 is 1. The van der Waals surface area contributed by atoms with Gasteiger partial charge in [-0.05, 0) is 18.6 Å². The predicted octanol–water partition coefficient (Wildman–Crippen LogP) is 0.809. The second kappa shape index (κ2) is 5.57. The molecular formula is C10H16N2O2. The molecule has 1 atom stereocenters. The number of aryl methyl sites for hydroxylation is 1. The number of pyridine rings is 1. The minimum Gasteiger partial charge on any atom is -0.394 e. The standard InChI is InChI=1S/C10H16N2O2/c1-8-5-11-4-3-10(8)12-9(6-13)7-14-2/h3-5,9,13H,6-7H2,1-2H3,(H,11,12). The third kappa shape index (κ3) is 2.97. The Labute approximate surface area is 83.9 Å². The smallest absolute Gasteiger partial charge is 0.0725 e. The van der Waals surface area contributed by atoms with Crippen LogP contribution in [0.25, 0.3) is 0 Å². The largest absolute Gasteiger partial charge is 0.394 e. The molecule has 0 aliphatic carbocycles. The molecule has 0 amide bonds. The maximum atomic E-state index is 9.05. The second-order valence-corrected chi connectivity index (χ2v) is 3.17. The molecule has 0 aromatic carbocycles. The highest BCUT2D eigenvalue weighted by Gasteiger charge is 2.07. The van der Waals surface area contributed by atoms with Gasteiger partial charge in [0.05, 0.1) is 19.3 Å². The van der Waals surface area contributed by atoms with E-state index >= 15 is 0 Å². The summed E-state index contributed by atoms with van der Waals surface area (Å²) in [7, 11) is 1.61. The van der Waals surface area contributed by atoms with Gasteiger partial charge in [-0.15, -0.1) is 0 Å². The summed E-state index contributed by atoms with van der Waals surface area (Å²) in [6, 6.07) is 1.81. The van der Waals surface area contributed by atoms with Gasteiger partial charge in [-0.25, -0.2) is 0 Å². The molecular weight excluding hydrogens is 180 g/mol. The van der Waals surface area contributed by atoms with Crippen molar-refractivity contribution in [3.8, 4) is 0 Å². The highest BCUT2D eigenvalue weighted by Crippen LogP contribution is 2.12. The molecule has 4 heteroatoms. The summed E-state index contributed by atoms with van der Waals surface area (Å²) in [6.07, 6.45) is 3.50. The molecule has 1 aromatic rings. The molecule has 2 N–H and O–H groups in total. The van der Waals surface area contributed by atoms with Gasteiger partial charge >= 0.3 is 0 Å². The van der Waals surface area contributed by atoms with E-state index in [9.17, 15) is 0 Å². The van der Waals surface area contributed by atoms with Crippen molar-refractivity contribution in [3.05, 3.63) is 24.0 Å². The van der Waals surface area contributed by atoms with Gasteiger partial charge in [-0.1, -0.05) is 0 Å². The molecule has 4 nitrogen and oxygen atoms in total. The Morgan fingerprint density at radius 3 is 3.00 bits per heavy atom. The third-order valence-electron chi connectivity index (χ3n) is 1.97. The molecule has 0 spiro atoms. The topological polar surface area (TPSA) is 54.4 Å². The first kappa shape index (κ1) is 10.9. The van der Waals surface area contributed by atoms with Gasteiger partial charge in [-0.2, -0.15) is 0 Å². The van der Waals surface area contributed by atoms with Crippen molar-refractivity contribution in [3.63, 3.8) is 0 Å². The Morgan fingerprint density at radius 2 is 2.43 bits per heavy atom. The van der Waals surface area contributed by atoms with E-state index in [0.717, 1.165) is 11.3 Å². The summed E-state index contributed by atoms with van der Waals surface area (Å²) in [6.45, 7) is 2.50. The van der Waals surface area contributed by atoms with Crippen molar-refractivity contribution in [1.29, 1.82) is 0 Å². The molecule has 78 valence electrons. The highest BCUT2D eigenvalue weighted by molar-refractivity contribution is 5.49. The quantitative estimate of drug-likeness (QED) is 0.731. The zero-order valence-electron chi connectivity index (χ0n) is 8.53. The lowest BCUT2D eigenvalue weighted by Gasteiger charge is -2.17. The van der Waals surface area contributed by atoms with Crippen LogP contribution in [0.3, 0.4) is 0 Å². The number of aromatic nitrogens is 1. The average molecular weight is 196 g/mol. The van der Waals surface area contributed by atoms with Gasteiger partial charge in [0.25, 0.3) is 0 Å². The third-order valence-corrected chi connectivity index (χ3v) is 1.97. The maximum absolute atomic E-state index is 9.05. The summed E-state index contributed by atoms with van der Waals surface area (Å²) < 4.78 is 4.97. The lowest BCUT2D eigenvalue weighted by molar-refractivity contribution is 0.153. The Morgan fingerprint density at radius 1 is 1.64 bits per heavy atom. The Kier molecular flexibility index (Phi) is 4.35. The average Bonchev–Trinajstić information content (AvgIpc) is 2.20. The molecule has 1 heterocycles. The lowest BCUT2D eigenvalue weighted by Crippen LogP contribution is -2.29. The fourth-order valence-corrected chi connectivity index (χ4v) is 1.20. The first-order valence-corrected chi connectivity index (χ1v) is 4.55.